The molecule has 17 heavy (non-hydrogen) atoms. The van der Waals surface area contributed by atoms with Crippen molar-refractivity contribution in [3.05, 3.63) is 35.9 Å². The second-order valence-corrected chi connectivity index (χ2v) is 5.73. The summed E-state index contributed by atoms with van der Waals surface area (Å²) in [6, 6.07) is 9.82. The van der Waals surface area contributed by atoms with Crippen molar-refractivity contribution in [2.45, 2.75) is 37.5 Å². The van der Waals surface area contributed by atoms with E-state index in [2.05, 4.69) is 0 Å². The van der Waals surface area contributed by atoms with E-state index >= 15 is 0 Å². The molecule has 0 amide bonds. The molecular formula is C14H18O2S. The Morgan fingerprint density at radius 2 is 2.18 bits per heavy atom. The molecule has 1 heterocycles. The van der Waals surface area contributed by atoms with Gasteiger partial charge in [-0.1, -0.05) is 30.3 Å². The first-order chi connectivity index (χ1) is 8.34. The Morgan fingerprint density at radius 3 is 2.88 bits per heavy atom. The molecule has 0 saturated carbocycles. The van der Waals surface area contributed by atoms with Gasteiger partial charge in [0.05, 0.1) is 0 Å². The number of carbonyl (C=O) groups excluding carboxylic acids is 1. The fourth-order valence-corrected chi connectivity index (χ4v) is 3.25. The molecular weight excluding hydrogens is 232 g/mol. The van der Waals surface area contributed by atoms with Crippen LogP contribution < -0.4 is 0 Å². The van der Waals surface area contributed by atoms with Gasteiger partial charge >= 0.3 is 5.97 Å². The molecule has 1 atom stereocenters. The van der Waals surface area contributed by atoms with Gasteiger partial charge in [-0.25, -0.2) is 0 Å². The largest absolute Gasteiger partial charge is 0.461 e. The summed E-state index contributed by atoms with van der Waals surface area (Å²) in [4.78, 5) is 11.5. The molecule has 0 bridgehead atoms. The SMILES string of the molecule is O=C(CCC1CCCS1)OCc1ccccc1. The summed E-state index contributed by atoms with van der Waals surface area (Å²) in [5, 5.41) is 0.680. The van der Waals surface area contributed by atoms with Crippen LogP contribution in [0, 0.1) is 0 Å². The summed E-state index contributed by atoms with van der Waals surface area (Å²) >= 11 is 1.99. The summed E-state index contributed by atoms with van der Waals surface area (Å²) in [6.07, 6.45) is 4.09. The maximum Gasteiger partial charge on any atom is 0.306 e. The summed E-state index contributed by atoms with van der Waals surface area (Å²) in [5.41, 5.74) is 1.05. The molecule has 1 aliphatic heterocycles. The van der Waals surface area contributed by atoms with E-state index in [0.29, 0.717) is 18.3 Å². The zero-order valence-corrected chi connectivity index (χ0v) is 10.7. The van der Waals surface area contributed by atoms with E-state index in [4.69, 9.17) is 4.74 Å². The molecule has 0 radical (unpaired) electrons. The van der Waals surface area contributed by atoms with Gasteiger partial charge in [-0.05, 0) is 30.6 Å². The standard InChI is InChI=1S/C14H18O2S/c15-14(9-8-13-7-4-10-17-13)16-11-12-5-2-1-3-6-12/h1-3,5-6,13H,4,7-11H2. The Hall–Kier alpha value is -0.960. The summed E-state index contributed by atoms with van der Waals surface area (Å²) in [5.74, 6) is 1.19. The maximum absolute atomic E-state index is 11.5. The van der Waals surface area contributed by atoms with Gasteiger partial charge in [0.25, 0.3) is 0 Å². The Kier molecular flexibility index (Phi) is 4.92. The van der Waals surface area contributed by atoms with Gasteiger partial charge in [0.1, 0.15) is 6.61 Å². The normalized spacial score (nSPS) is 19.2. The quantitative estimate of drug-likeness (QED) is 0.749. The van der Waals surface area contributed by atoms with Gasteiger partial charge in [-0.15, -0.1) is 0 Å². The van der Waals surface area contributed by atoms with Crippen LogP contribution in [0.5, 0.6) is 0 Å². The summed E-state index contributed by atoms with van der Waals surface area (Å²) in [6.45, 7) is 0.400. The molecule has 1 aromatic rings. The molecule has 1 unspecified atom stereocenters. The van der Waals surface area contributed by atoms with E-state index < -0.39 is 0 Å². The molecule has 92 valence electrons. The van der Waals surface area contributed by atoms with Crippen LogP contribution in [0.3, 0.4) is 0 Å². The van der Waals surface area contributed by atoms with Crippen LogP contribution in [0.15, 0.2) is 30.3 Å². The monoisotopic (exact) mass is 250 g/mol. The average molecular weight is 250 g/mol. The fourth-order valence-electron chi connectivity index (χ4n) is 1.96. The van der Waals surface area contributed by atoms with Crippen molar-refractivity contribution in [2.24, 2.45) is 0 Å². The molecule has 0 aromatic heterocycles. The number of carbonyl (C=O) groups is 1. The lowest BCUT2D eigenvalue weighted by Gasteiger charge is -2.08. The summed E-state index contributed by atoms with van der Waals surface area (Å²) in [7, 11) is 0. The first-order valence-electron chi connectivity index (χ1n) is 6.16. The predicted octanol–water partition coefficient (Wildman–Crippen LogP) is 3.41. The third kappa shape index (κ3) is 4.43. The van der Waals surface area contributed by atoms with E-state index in [9.17, 15) is 4.79 Å². The van der Waals surface area contributed by atoms with Gasteiger partial charge < -0.3 is 4.74 Å². The fraction of sp³-hybridized carbons (Fsp3) is 0.500. The predicted molar refractivity (Wildman–Crippen MR) is 71.0 cm³/mol. The van der Waals surface area contributed by atoms with Crippen molar-refractivity contribution in [3.63, 3.8) is 0 Å². The van der Waals surface area contributed by atoms with Crippen LogP contribution in [0.2, 0.25) is 0 Å². The molecule has 0 N–H and O–H groups in total. The van der Waals surface area contributed by atoms with Crippen LogP contribution in [0.4, 0.5) is 0 Å². The molecule has 0 spiro atoms. The molecule has 1 fully saturated rings. The van der Waals surface area contributed by atoms with Crippen molar-refractivity contribution in [1.82, 2.24) is 0 Å². The number of esters is 1. The smallest absolute Gasteiger partial charge is 0.306 e. The van der Waals surface area contributed by atoms with Gasteiger partial charge in [0, 0.05) is 11.7 Å². The second-order valence-electron chi connectivity index (χ2n) is 4.32. The molecule has 0 aliphatic carbocycles. The van der Waals surface area contributed by atoms with Gasteiger partial charge in [0.2, 0.25) is 0 Å². The van der Waals surface area contributed by atoms with Crippen molar-refractivity contribution < 1.29 is 9.53 Å². The average Bonchev–Trinajstić information content (AvgIpc) is 2.88. The number of hydrogen-bond acceptors (Lipinski definition) is 3. The highest BCUT2D eigenvalue weighted by atomic mass is 32.2. The number of ether oxygens (including phenoxy) is 1. The molecule has 1 aliphatic rings. The zero-order valence-electron chi connectivity index (χ0n) is 9.93. The van der Waals surface area contributed by atoms with Crippen LogP contribution >= 0.6 is 11.8 Å². The highest BCUT2D eigenvalue weighted by Gasteiger charge is 2.17. The minimum Gasteiger partial charge on any atom is -0.461 e. The molecule has 3 heteroatoms. The van der Waals surface area contributed by atoms with Crippen LogP contribution in [-0.4, -0.2) is 17.0 Å². The van der Waals surface area contributed by atoms with Crippen molar-refractivity contribution in [3.8, 4) is 0 Å². The van der Waals surface area contributed by atoms with Crippen LogP contribution in [0.25, 0.3) is 0 Å². The van der Waals surface area contributed by atoms with Crippen LogP contribution in [0.1, 0.15) is 31.2 Å². The van der Waals surface area contributed by atoms with Crippen molar-refractivity contribution in [1.29, 1.82) is 0 Å². The minimum atomic E-state index is -0.0682. The number of rotatable bonds is 5. The first kappa shape index (κ1) is 12.5. The minimum absolute atomic E-state index is 0.0682. The van der Waals surface area contributed by atoms with E-state index in [0.717, 1.165) is 12.0 Å². The highest BCUT2D eigenvalue weighted by molar-refractivity contribution is 8.00. The van der Waals surface area contributed by atoms with E-state index in [-0.39, 0.29) is 5.97 Å². The van der Waals surface area contributed by atoms with E-state index in [1.165, 1.54) is 18.6 Å². The van der Waals surface area contributed by atoms with E-state index in [1.807, 2.05) is 42.1 Å². The van der Waals surface area contributed by atoms with Gasteiger partial charge in [-0.3, -0.25) is 4.79 Å². The number of hydrogen-bond donors (Lipinski definition) is 0. The lowest BCUT2D eigenvalue weighted by molar-refractivity contribution is -0.145. The Labute approximate surface area is 107 Å². The molecule has 2 nitrogen and oxygen atoms in total. The summed E-state index contributed by atoms with van der Waals surface area (Å²) < 4.78 is 5.24. The second kappa shape index (κ2) is 6.70. The van der Waals surface area contributed by atoms with Gasteiger partial charge in [-0.2, -0.15) is 11.8 Å². The van der Waals surface area contributed by atoms with Gasteiger partial charge in [0.15, 0.2) is 0 Å². The number of benzene rings is 1. The maximum atomic E-state index is 11.5. The third-order valence-corrected chi connectivity index (χ3v) is 4.40. The van der Waals surface area contributed by atoms with Crippen molar-refractivity contribution >= 4 is 17.7 Å². The highest BCUT2D eigenvalue weighted by Crippen LogP contribution is 2.29. The lowest BCUT2D eigenvalue weighted by Crippen LogP contribution is -2.07. The molecule has 1 saturated heterocycles. The lowest BCUT2D eigenvalue weighted by atomic mass is 10.1. The Balaban J connectivity index is 1.64. The first-order valence-corrected chi connectivity index (χ1v) is 7.20. The van der Waals surface area contributed by atoms with Crippen molar-refractivity contribution in [2.75, 3.05) is 5.75 Å². The Bertz CT molecular complexity index is 344. The molecule has 1 aromatic carbocycles. The zero-order chi connectivity index (χ0) is 11.9. The van der Waals surface area contributed by atoms with E-state index in [1.54, 1.807) is 0 Å². The van der Waals surface area contributed by atoms with Crippen LogP contribution in [-0.2, 0) is 16.1 Å². The number of thioether (sulfide) groups is 1. The third-order valence-electron chi connectivity index (χ3n) is 2.94. The topological polar surface area (TPSA) is 26.3 Å². The Morgan fingerprint density at radius 1 is 1.35 bits per heavy atom. The molecule has 2 rings (SSSR count).